The molecule has 0 aliphatic rings. The van der Waals surface area contributed by atoms with Gasteiger partial charge in [0.15, 0.2) is 0 Å². The summed E-state index contributed by atoms with van der Waals surface area (Å²) < 4.78 is 5.37. The maximum Gasteiger partial charge on any atom is 0.408 e. The van der Waals surface area contributed by atoms with E-state index in [0.29, 0.717) is 19.5 Å². The Labute approximate surface area is 177 Å². The largest absolute Gasteiger partial charge is 0.444 e. The van der Waals surface area contributed by atoms with E-state index in [1.54, 1.807) is 49.4 Å². The Balaban J connectivity index is 2.18. The summed E-state index contributed by atoms with van der Waals surface area (Å²) in [5.41, 5.74) is 0.332. The molecule has 6 nitrogen and oxygen atoms in total. The smallest absolute Gasteiger partial charge is 0.408 e. The maximum atomic E-state index is 13.4. The highest BCUT2D eigenvalue weighted by Crippen LogP contribution is 2.17. The van der Waals surface area contributed by atoms with Gasteiger partial charge in [0, 0.05) is 23.8 Å². The predicted octanol–water partition coefficient (Wildman–Crippen LogP) is 4.76. The lowest BCUT2D eigenvalue weighted by Crippen LogP contribution is -2.49. The number of aromatic nitrogens is 1. The van der Waals surface area contributed by atoms with Crippen molar-refractivity contribution in [1.29, 1.82) is 0 Å². The number of hydrogen-bond donors (Lipinski definition) is 1. The molecule has 0 saturated carbocycles. The monoisotopic (exact) mass is 417 g/mol. The van der Waals surface area contributed by atoms with Crippen molar-refractivity contribution in [3.8, 4) is 0 Å². The van der Waals surface area contributed by atoms with Crippen LogP contribution in [0.4, 0.5) is 4.79 Å². The van der Waals surface area contributed by atoms with Gasteiger partial charge in [0.2, 0.25) is 5.91 Å². The molecule has 0 unspecified atom stereocenters. The Morgan fingerprint density at radius 3 is 2.62 bits per heavy atom. The summed E-state index contributed by atoms with van der Waals surface area (Å²) in [5, 5.41) is 4.79. The van der Waals surface area contributed by atoms with E-state index in [-0.39, 0.29) is 5.91 Å². The Kier molecular flexibility index (Phi) is 8.64. The molecule has 158 valence electrons. The zero-order valence-corrected chi connectivity index (χ0v) is 18.5. The summed E-state index contributed by atoms with van der Waals surface area (Å²) >= 11 is 1.61. The van der Waals surface area contributed by atoms with Crippen molar-refractivity contribution in [3.63, 3.8) is 0 Å². The van der Waals surface area contributed by atoms with Gasteiger partial charge in [0.1, 0.15) is 11.6 Å². The summed E-state index contributed by atoms with van der Waals surface area (Å²) in [7, 11) is 0. The highest BCUT2D eigenvalue weighted by atomic mass is 32.1. The minimum atomic E-state index is -0.624. The fourth-order valence-corrected chi connectivity index (χ4v) is 3.57. The Hall–Kier alpha value is -2.41. The molecule has 0 aromatic carbocycles. The van der Waals surface area contributed by atoms with Crippen molar-refractivity contribution in [2.45, 2.75) is 71.7 Å². The number of thiophene rings is 1. The van der Waals surface area contributed by atoms with Crippen LogP contribution in [0, 0.1) is 0 Å². The standard InChI is InChI=1S/C22H31N3O3S/c1-5-6-11-19(24-21(27)28-22(2,3)4)20(26)25(16-18-10-8-13-29-18)15-17-9-7-12-23-14-17/h7-10,12-14,19H,5-6,11,15-16H2,1-4H3,(H,24,27)/t19-/m0/s1. The van der Waals surface area contributed by atoms with Gasteiger partial charge < -0.3 is 15.0 Å². The maximum absolute atomic E-state index is 13.4. The molecule has 1 N–H and O–H groups in total. The molecule has 2 aromatic rings. The van der Waals surface area contributed by atoms with Gasteiger partial charge in [0.05, 0.1) is 6.54 Å². The summed E-state index contributed by atoms with van der Waals surface area (Å²) in [5.74, 6) is -0.110. The number of unbranched alkanes of at least 4 members (excludes halogenated alkanes) is 1. The van der Waals surface area contributed by atoms with E-state index in [9.17, 15) is 9.59 Å². The Morgan fingerprint density at radius 1 is 1.24 bits per heavy atom. The third-order valence-corrected chi connectivity index (χ3v) is 5.03. The second-order valence-electron chi connectivity index (χ2n) is 7.98. The molecular weight excluding hydrogens is 386 g/mol. The number of ether oxygens (including phenoxy) is 1. The molecule has 0 fully saturated rings. The molecule has 0 bridgehead atoms. The van der Waals surface area contributed by atoms with E-state index in [1.165, 1.54) is 0 Å². The quantitative estimate of drug-likeness (QED) is 0.639. The number of carbonyl (C=O) groups is 2. The third kappa shape index (κ3) is 8.23. The number of nitrogens with one attached hydrogen (secondary N) is 1. The Morgan fingerprint density at radius 2 is 2.03 bits per heavy atom. The van der Waals surface area contributed by atoms with Crippen LogP contribution in [0.5, 0.6) is 0 Å². The fraction of sp³-hybridized carbons (Fsp3) is 0.500. The molecular formula is C22H31N3O3S. The van der Waals surface area contributed by atoms with Crippen LogP contribution in [0.15, 0.2) is 42.0 Å². The lowest BCUT2D eigenvalue weighted by molar-refractivity contribution is -0.135. The van der Waals surface area contributed by atoms with E-state index in [2.05, 4.69) is 17.2 Å². The van der Waals surface area contributed by atoms with Gasteiger partial charge >= 0.3 is 6.09 Å². The van der Waals surface area contributed by atoms with Gasteiger partial charge in [-0.3, -0.25) is 9.78 Å². The van der Waals surface area contributed by atoms with Gasteiger partial charge in [-0.15, -0.1) is 11.3 Å². The zero-order valence-electron chi connectivity index (χ0n) is 17.7. The number of nitrogens with zero attached hydrogens (tertiary/aromatic N) is 2. The van der Waals surface area contributed by atoms with E-state index in [4.69, 9.17) is 4.74 Å². The van der Waals surface area contributed by atoms with Crippen molar-refractivity contribution < 1.29 is 14.3 Å². The van der Waals surface area contributed by atoms with Gasteiger partial charge in [-0.2, -0.15) is 0 Å². The Bertz CT molecular complexity index is 757. The van der Waals surface area contributed by atoms with Crippen molar-refractivity contribution in [1.82, 2.24) is 15.2 Å². The van der Waals surface area contributed by atoms with Crippen molar-refractivity contribution in [2.24, 2.45) is 0 Å². The van der Waals surface area contributed by atoms with Gasteiger partial charge in [-0.25, -0.2) is 4.79 Å². The third-order valence-electron chi connectivity index (χ3n) is 4.17. The first-order valence-electron chi connectivity index (χ1n) is 9.98. The van der Waals surface area contributed by atoms with Crippen LogP contribution < -0.4 is 5.32 Å². The van der Waals surface area contributed by atoms with Gasteiger partial charge in [-0.1, -0.05) is 31.9 Å². The van der Waals surface area contributed by atoms with Crippen molar-refractivity contribution in [2.75, 3.05) is 0 Å². The molecule has 0 aliphatic carbocycles. The average Bonchev–Trinajstić information content (AvgIpc) is 3.16. The normalized spacial score (nSPS) is 12.3. The summed E-state index contributed by atoms with van der Waals surface area (Å²) in [6, 6.07) is 7.17. The highest BCUT2D eigenvalue weighted by Gasteiger charge is 2.28. The van der Waals surface area contributed by atoms with Crippen LogP contribution in [0.25, 0.3) is 0 Å². The van der Waals surface area contributed by atoms with Crippen LogP contribution in [0.1, 0.15) is 57.4 Å². The van der Waals surface area contributed by atoms with E-state index in [1.807, 2.05) is 29.6 Å². The number of carbonyl (C=O) groups excluding carboxylic acids is 2. The van der Waals surface area contributed by atoms with E-state index in [0.717, 1.165) is 23.3 Å². The summed E-state index contributed by atoms with van der Waals surface area (Å²) in [4.78, 5) is 32.8. The molecule has 2 heterocycles. The SMILES string of the molecule is CCCC[C@H](NC(=O)OC(C)(C)C)C(=O)N(Cc1cccnc1)Cc1cccs1. The highest BCUT2D eigenvalue weighted by molar-refractivity contribution is 7.09. The minimum absolute atomic E-state index is 0.110. The summed E-state index contributed by atoms with van der Waals surface area (Å²) in [6.45, 7) is 8.41. The molecule has 2 aromatic heterocycles. The number of pyridine rings is 1. The van der Waals surface area contributed by atoms with Crippen LogP contribution in [0.3, 0.4) is 0 Å². The number of rotatable bonds is 9. The first-order chi connectivity index (χ1) is 13.8. The van der Waals surface area contributed by atoms with Crippen LogP contribution in [-0.4, -0.2) is 33.5 Å². The van der Waals surface area contributed by atoms with Crippen LogP contribution in [-0.2, 0) is 22.6 Å². The molecule has 29 heavy (non-hydrogen) atoms. The van der Waals surface area contributed by atoms with Crippen molar-refractivity contribution in [3.05, 3.63) is 52.5 Å². The number of hydrogen-bond acceptors (Lipinski definition) is 5. The molecule has 0 radical (unpaired) electrons. The predicted molar refractivity (Wildman–Crippen MR) is 115 cm³/mol. The second-order valence-corrected chi connectivity index (χ2v) is 9.01. The fourth-order valence-electron chi connectivity index (χ4n) is 2.85. The lowest BCUT2D eigenvalue weighted by Gasteiger charge is -2.29. The van der Waals surface area contributed by atoms with Crippen LogP contribution >= 0.6 is 11.3 Å². The molecule has 0 saturated heterocycles. The second kappa shape index (κ2) is 11.0. The lowest BCUT2D eigenvalue weighted by atomic mass is 10.1. The van der Waals surface area contributed by atoms with Gasteiger partial charge in [-0.05, 0) is 50.3 Å². The van der Waals surface area contributed by atoms with E-state index < -0.39 is 17.7 Å². The molecule has 0 aliphatic heterocycles. The van der Waals surface area contributed by atoms with Crippen LogP contribution in [0.2, 0.25) is 0 Å². The number of alkyl carbamates (subject to hydrolysis) is 1. The molecule has 7 heteroatoms. The topological polar surface area (TPSA) is 71.5 Å². The first-order valence-corrected chi connectivity index (χ1v) is 10.9. The van der Waals surface area contributed by atoms with E-state index >= 15 is 0 Å². The molecule has 2 rings (SSSR count). The minimum Gasteiger partial charge on any atom is -0.444 e. The molecule has 2 amide bonds. The zero-order chi connectivity index (χ0) is 21.3. The van der Waals surface area contributed by atoms with Gasteiger partial charge in [0.25, 0.3) is 0 Å². The number of amides is 2. The van der Waals surface area contributed by atoms with Crippen molar-refractivity contribution >= 4 is 23.3 Å². The average molecular weight is 418 g/mol. The summed E-state index contributed by atoms with van der Waals surface area (Å²) in [6.07, 6.45) is 5.26. The molecule has 1 atom stereocenters. The molecule has 0 spiro atoms. The first kappa shape index (κ1) is 22.9.